The summed E-state index contributed by atoms with van der Waals surface area (Å²) < 4.78 is 11.2. The number of rotatable bonds is 6. The standard InChI is InChI=1S/C17H17BrClNO4/c1-4-23-17(22)16-10(3)20-9(2)15(16)13(21)8-24-14-6-5-11(19)7-12(14)18/h5-7,20H,4,8H2,1-3H3. The molecule has 0 aliphatic heterocycles. The van der Waals surface area contributed by atoms with E-state index < -0.39 is 5.97 Å². The van der Waals surface area contributed by atoms with E-state index in [0.717, 1.165) is 0 Å². The molecule has 0 fully saturated rings. The van der Waals surface area contributed by atoms with Crippen molar-refractivity contribution in [3.05, 3.63) is 50.2 Å². The third-order valence-electron chi connectivity index (χ3n) is 3.39. The van der Waals surface area contributed by atoms with E-state index in [4.69, 9.17) is 21.1 Å². The number of ether oxygens (including phenoxy) is 2. The van der Waals surface area contributed by atoms with E-state index in [1.807, 2.05) is 0 Å². The summed E-state index contributed by atoms with van der Waals surface area (Å²) in [6, 6.07) is 5.01. The molecule has 0 radical (unpaired) electrons. The zero-order chi connectivity index (χ0) is 17.9. The highest BCUT2D eigenvalue weighted by Crippen LogP contribution is 2.28. The minimum Gasteiger partial charge on any atom is -0.484 e. The molecule has 2 rings (SSSR count). The van der Waals surface area contributed by atoms with Crippen LogP contribution in [0.15, 0.2) is 22.7 Å². The largest absolute Gasteiger partial charge is 0.484 e. The van der Waals surface area contributed by atoms with Crippen LogP contribution in [0, 0.1) is 13.8 Å². The molecule has 5 nitrogen and oxygen atoms in total. The number of hydrogen-bond donors (Lipinski definition) is 1. The molecule has 0 bridgehead atoms. The number of H-pyrrole nitrogens is 1. The molecule has 128 valence electrons. The summed E-state index contributed by atoms with van der Waals surface area (Å²) in [5.74, 6) is -0.326. The van der Waals surface area contributed by atoms with Crippen LogP contribution in [0.25, 0.3) is 0 Å². The van der Waals surface area contributed by atoms with Crippen LogP contribution in [-0.2, 0) is 4.74 Å². The molecule has 0 unspecified atom stereocenters. The highest BCUT2D eigenvalue weighted by molar-refractivity contribution is 9.10. The molecule has 7 heteroatoms. The van der Waals surface area contributed by atoms with Crippen molar-refractivity contribution in [2.24, 2.45) is 0 Å². The fraction of sp³-hybridized carbons (Fsp3) is 0.294. The third kappa shape index (κ3) is 3.99. The Labute approximate surface area is 153 Å². The van der Waals surface area contributed by atoms with Crippen LogP contribution < -0.4 is 4.74 Å². The first-order valence-corrected chi connectivity index (χ1v) is 8.49. The zero-order valence-corrected chi connectivity index (χ0v) is 15.9. The number of halogens is 2. The number of aromatic nitrogens is 1. The van der Waals surface area contributed by atoms with Crippen LogP contribution in [0.1, 0.15) is 39.0 Å². The molecule has 0 saturated heterocycles. The van der Waals surface area contributed by atoms with Gasteiger partial charge in [-0.15, -0.1) is 0 Å². The summed E-state index contributed by atoms with van der Waals surface area (Å²) in [5, 5.41) is 0.558. The lowest BCUT2D eigenvalue weighted by molar-refractivity contribution is 0.0522. The molecule has 2 aromatic rings. The molecule has 1 heterocycles. The van der Waals surface area contributed by atoms with Crippen molar-refractivity contribution in [1.82, 2.24) is 4.98 Å². The number of Topliss-reactive ketones (excluding diaryl/α,β-unsaturated/α-hetero) is 1. The van der Waals surface area contributed by atoms with Gasteiger partial charge < -0.3 is 14.5 Å². The van der Waals surface area contributed by atoms with E-state index >= 15 is 0 Å². The van der Waals surface area contributed by atoms with Crippen molar-refractivity contribution in [3.63, 3.8) is 0 Å². The Morgan fingerprint density at radius 3 is 2.50 bits per heavy atom. The zero-order valence-electron chi connectivity index (χ0n) is 13.5. The predicted octanol–water partition coefficient (Wildman–Crippen LogP) is 4.49. The Kier molecular flexibility index (Phi) is 6.07. The second kappa shape index (κ2) is 7.85. The van der Waals surface area contributed by atoms with Gasteiger partial charge in [0.1, 0.15) is 5.75 Å². The topological polar surface area (TPSA) is 68.4 Å². The molecule has 0 saturated carbocycles. The Morgan fingerprint density at radius 1 is 1.21 bits per heavy atom. The maximum Gasteiger partial charge on any atom is 0.340 e. The first-order chi connectivity index (χ1) is 11.3. The van der Waals surface area contributed by atoms with Gasteiger partial charge in [0.15, 0.2) is 6.61 Å². The molecule has 0 atom stereocenters. The van der Waals surface area contributed by atoms with E-state index in [-0.39, 0.29) is 24.6 Å². The van der Waals surface area contributed by atoms with Gasteiger partial charge in [-0.05, 0) is 54.9 Å². The normalized spacial score (nSPS) is 10.5. The molecule has 0 spiro atoms. The molecular formula is C17H17BrClNO4. The lowest BCUT2D eigenvalue weighted by atomic mass is 10.1. The van der Waals surface area contributed by atoms with Gasteiger partial charge >= 0.3 is 5.97 Å². The smallest absolute Gasteiger partial charge is 0.340 e. The number of ketones is 1. The molecule has 1 aromatic carbocycles. The lowest BCUT2D eigenvalue weighted by Crippen LogP contribution is -2.17. The number of aryl methyl sites for hydroxylation is 2. The third-order valence-corrected chi connectivity index (χ3v) is 4.24. The number of carbonyl (C=O) groups excluding carboxylic acids is 2. The maximum absolute atomic E-state index is 12.6. The van der Waals surface area contributed by atoms with Gasteiger partial charge in [-0.3, -0.25) is 4.79 Å². The van der Waals surface area contributed by atoms with Gasteiger partial charge in [-0.25, -0.2) is 4.79 Å². The molecular weight excluding hydrogens is 398 g/mol. The number of carbonyl (C=O) groups is 2. The van der Waals surface area contributed by atoms with E-state index in [0.29, 0.717) is 32.2 Å². The SMILES string of the molecule is CCOC(=O)c1c(C)[nH]c(C)c1C(=O)COc1ccc(Cl)cc1Br. The Morgan fingerprint density at radius 2 is 1.88 bits per heavy atom. The Balaban J connectivity index is 2.22. The van der Waals surface area contributed by atoms with Gasteiger partial charge in [0, 0.05) is 16.4 Å². The average Bonchev–Trinajstić information content (AvgIpc) is 2.80. The van der Waals surface area contributed by atoms with Crippen molar-refractivity contribution in [1.29, 1.82) is 0 Å². The number of aromatic amines is 1. The predicted molar refractivity (Wildman–Crippen MR) is 95.2 cm³/mol. The van der Waals surface area contributed by atoms with Crippen molar-refractivity contribution in [2.75, 3.05) is 13.2 Å². The van der Waals surface area contributed by atoms with Gasteiger partial charge in [-0.2, -0.15) is 0 Å². The van der Waals surface area contributed by atoms with Crippen LogP contribution >= 0.6 is 27.5 Å². The summed E-state index contributed by atoms with van der Waals surface area (Å²) in [7, 11) is 0. The average molecular weight is 415 g/mol. The van der Waals surface area contributed by atoms with E-state index in [2.05, 4.69) is 20.9 Å². The number of esters is 1. The molecule has 24 heavy (non-hydrogen) atoms. The van der Waals surface area contributed by atoms with E-state index in [9.17, 15) is 9.59 Å². The summed E-state index contributed by atoms with van der Waals surface area (Å²) in [6.07, 6.45) is 0. The van der Waals surface area contributed by atoms with Crippen molar-refractivity contribution in [2.45, 2.75) is 20.8 Å². The van der Waals surface area contributed by atoms with Crippen LogP contribution in [0.2, 0.25) is 5.02 Å². The fourth-order valence-electron chi connectivity index (χ4n) is 2.40. The van der Waals surface area contributed by atoms with Crippen LogP contribution in [-0.4, -0.2) is 30.0 Å². The van der Waals surface area contributed by atoms with Gasteiger partial charge in [0.2, 0.25) is 5.78 Å². The van der Waals surface area contributed by atoms with Gasteiger partial charge in [0.25, 0.3) is 0 Å². The summed E-state index contributed by atoms with van der Waals surface area (Å²) in [5.41, 5.74) is 1.77. The van der Waals surface area contributed by atoms with Crippen LogP contribution in [0.5, 0.6) is 5.75 Å². The van der Waals surface area contributed by atoms with Crippen molar-refractivity contribution >= 4 is 39.3 Å². The minimum absolute atomic E-state index is 0.204. The summed E-state index contributed by atoms with van der Waals surface area (Å²) >= 11 is 9.21. The Bertz CT molecular complexity index is 785. The summed E-state index contributed by atoms with van der Waals surface area (Å²) in [4.78, 5) is 27.7. The van der Waals surface area contributed by atoms with E-state index in [1.54, 1.807) is 39.0 Å². The second-order valence-electron chi connectivity index (χ2n) is 5.13. The van der Waals surface area contributed by atoms with Gasteiger partial charge in [-0.1, -0.05) is 11.6 Å². The van der Waals surface area contributed by atoms with Crippen LogP contribution in [0.3, 0.4) is 0 Å². The number of benzene rings is 1. The molecule has 0 aliphatic carbocycles. The quantitative estimate of drug-likeness (QED) is 0.559. The highest BCUT2D eigenvalue weighted by Gasteiger charge is 2.25. The molecule has 0 aliphatic rings. The molecule has 1 aromatic heterocycles. The second-order valence-corrected chi connectivity index (χ2v) is 6.42. The first-order valence-electron chi connectivity index (χ1n) is 7.32. The lowest BCUT2D eigenvalue weighted by Gasteiger charge is -2.09. The fourth-order valence-corrected chi connectivity index (χ4v) is 3.19. The number of nitrogens with one attached hydrogen (secondary N) is 1. The van der Waals surface area contributed by atoms with Crippen molar-refractivity contribution < 1.29 is 19.1 Å². The van der Waals surface area contributed by atoms with Crippen LogP contribution in [0.4, 0.5) is 0 Å². The number of hydrogen-bond acceptors (Lipinski definition) is 4. The summed E-state index contributed by atoms with van der Waals surface area (Å²) in [6.45, 7) is 5.22. The van der Waals surface area contributed by atoms with E-state index in [1.165, 1.54) is 0 Å². The van der Waals surface area contributed by atoms with Crippen molar-refractivity contribution in [3.8, 4) is 5.75 Å². The minimum atomic E-state index is -0.518. The molecule has 1 N–H and O–H groups in total. The maximum atomic E-state index is 12.6. The first kappa shape index (κ1) is 18.5. The molecule has 0 amide bonds. The monoisotopic (exact) mass is 413 g/mol. The van der Waals surface area contributed by atoms with Gasteiger partial charge in [0.05, 0.1) is 22.2 Å². The highest BCUT2D eigenvalue weighted by atomic mass is 79.9. The Hall–Kier alpha value is -1.79.